The topological polar surface area (TPSA) is 53.2 Å². The minimum absolute atomic E-state index is 0.0454. The van der Waals surface area contributed by atoms with Crippen LogP contribution in [0, 0.1) is 0 Å². The second-order valence-electron chi connectivity index (χ2n) is 4.70. The number of aryl methyl sites for hydroxylation is 1. The second kappa shape index (κ2) is 4.42. The van der Waals surface area contributed by atoms with Crippen molar-refractivity contribution < 1.29 is 4.74 Å². The summed E-state index contributed by atoms with van der Waals surface area (Å²) in [6.07, 6.45) is 1.49. The third-order valence-electron chi connectivity index (χ3n) is 3.44. The van der Waals surface area contributed by atoms with E-state index in [2.05, 4.69) is 0 Å². The Balaban J connectivity index is 1.99. The first kappa shape index (κ1) is 11.8. The van der Waals surface area contributed by atoms with Crippen molar-refractivity contribution in [1.82, 2.24) is 9.13 Å². The fraction of sp³-hybridized carbons (Fsp3) is 0.286. The standard InChI is InChI=1S/C14H14N2O3/c1-15-7-6-13(17)16(14(15)18)8-10-9-19-12-5-3-2-4-11(10)12/h2-7,10H,8-9H2,1H3. The summed E-state index contributed by atoms with van der Waals surface area (Å²) in [6, 6.07) is 9.14. The molecule has 1 atom stereocenters. The smallest absolute Gasteiger partial charge is 0.330 e. The Kier molecular flexibility index (Phi) is 2.74. The molecule has 2 heterocycles. The number of para-hydroxylation sites is 1. The van der Waals surface area contributed by atoms with Crippen LogP contribution in [0.2, 0.25) is 0 Å². The highest BCUT2D eigenvalue weighted by molar-refractivity contribution is 5.39. The summed E-state index contributed by atoms with van der Waals surface area (Å²) in [6.45, 7) is 0.854. The summed E-state index contributed by atoms with van der Waals surface area (Å²) in [5.41, 5.74) is 0.490. The van der Waals surface area contributed by atoms with Crippen molar-refractivity contribution in [3.05, 3.63) is 62.9 Å². The Bertz CT molecular complexity index is 730. The Labute approximate surface area is 109 Å². The van der Waals surface area contributed by atoms with Crippen LogP contribution in [0.5, 0.6) is 5.75 Å². The molecule has 1 aliphatic rings. The first-order valence-electron chi connectivity index (χ1n) is 6.15. The molecule has 5 nitrogen and oxygen atoms in total. The van der Waals surface area contributed by atoms with E-state index >= 15 is 0 Å². The molecule has 1 aliphatic heterocycles. The number of benzene rings is 1. The average Bonchev–Trinajstić information content (AvgIpc) is 2.83. The molecule has 0 saturated heterocycles. The molecule has 98 valence electrons. The number of ether oxygens (including phenoxy) is 1. The number of aromatic nitrogens is 2. The number of rotatable bonds is 2. The summed E-state index contributed by atoms with van der Waals surface area (Å²) < 4.78 is 8.23. The van der Waals surface area contributed by atoms with Gasteiger partial charge in [0, 0.05) is 37.3 Å². The molecule has 1 aromatic heterocycles. The normalized spacial score (nSPS) is 17.0. The maximum absolute atomic E-state index is 12.0. The zero-order chi connectivity index (χ0) is 13.4. The Hall–Kier alpha value is -2.30. The summed E-state index contributed by atoms with van der Waals surface area (Å²) in [5, 5.41) is 0. The van der Waals surface area contributed by atoms with E-state index in [0.717, 1.165) is 11.3 Å². The van der Waals surface area contributed by atoms with E-state index < -0.39 is 0 Å². The third-order valence-corrected chi connectivity index (χ3v) is 3.44. The van der Waals surface area contributed by atoms with Crippen molar-refractivity contribution in [1.29, 1.82) is 0 Å². The molecule has 1 unspecified atom stereocenters. The molecule has 0 fully saturated rings. The van der Waals surface area contributed by atoms with Gasteiger partial charge in [-0.2, -0.15) is 0 Å². The highest BCUT2D eigenvalue weighted by Crippen LogP contribution is 2.33. The van der Waals surface area contributed by atoms with Gasteiger partial charge in [-0.15, -0.1) is 0 Å². The van der Waals surface area contributed by atoms with E-state index in [1.807, 2.05) is 24.3 Å². The van der Waals surface area contributed by atoms with Gasteiger partial charge in [0.1, 0.15) is 5.75 Å². The SMILES string of the molecule is Cn1ccc(=O)n(CC2COc3ccccc32)c1=O. The Morgan fingerprint density at radius 2 is 2.05 bits per heavy atom. The molecule has 0 aliphatic carbocycles. The minimum Gasteiger partial charge on any atom is -0.493 e. The summed E-state index contributed by atoms with van der Waals surface area (Å²) >= 11 is 0. The van der Waals surface area contributed by atoms with Crippen molar-refractivity contribution in [2.45, 2.75) is 12.5 Å². The second-order valence-corrected chi connectivity index (χ2v) is 4.70. The van der Waals surface area contributed by atoms with E-state index in [1.54, 1.807) is 7.05 Å². The van der Waals surface area contributed by atoms with Gasteiger partial charge >= 0.3 is 5.69 Å². The molecule has 1 aromatic carbocycles. The monoisotopic (exact) mass is 258 g/mol. The fourth-order valence-corrected chi connectivity index (χ4v) is 2.38. The molecule has 0 radical (unpaired) electrons. The van der Waals surface area contributed by atoms with Gasteiger partial charge in [0.05, 0.1) is 6.61 Å². The van der Waals surface area contributed by atoms with Crippen LogP contribution in [0.15, 0.2) is 46.1 Å². The molecular weight excluding hydrogens is 244 g/mol. The van der Waals surface area contributed by atoms with Crippen LogP contribution in [-0.2, 0) is 13.6 Å². The minimum atomic E-state index is -0.295. The van der Waals surface area contributed by atoms with Crippen LogP contribution >= 0.6 is 0 Å². The van der Waals surface area contributed by atoms with Gasteiger partial charge < -0.3 is 9.30 Å². The number of hydrogen-bond acceptors (Lipinski definition) is 3. The van der Waals surface area contributed by atoms with Crippen LogP contribution in [0.1, 0.15) is 11.5 Å². The van der Waals surface area contributed by atoms with Crippen LogP contribution in [0.25, 0.3) is 0 Å². The van der Waals surface area contributed by atoms with Crippen LogP contribution in [0.3, 0.4) is 0 Å². The van der Waals surface area contributed by atoms with Gasteiger partial charge in [0.15, 0.2) is 0 Å². The lowest BCUT2D eigenvalue weighted by Crippen LogP contribution is -2.39. The molecule has 0 N–H and O–H groups in total. The van der Waals surface area contributed by atoms with Gasteiger partial charge in [0.2, 0.25) is 0 Å². The van der Waals surface area contributed by atoms with E-state index in [4.69, 9.17) is 4.74 Å². The molecule has 0 spiro atoms. The lowest BCUT2D eigenvalue weighted by molar-refractivity contribution is 0.315. The zero-order valence-electron chi connectivity index (χ0n) is 10.6. The zero-order valence-corrected chi connectivity index (χ0v) is 10.6. The summed E-state index contributed by atoms with van der Waals surface area (Å²) in [5.74, 6) is 0.886. The van der Waals surface area contributed by atoms with Crippen LogP contribution in [0.4, 0.5) is 0 Å². The maximum Gasteiger partial charge on any atom is 0.330 e. The lowest BCUT2D eigenvalue weighted by Gasteiger charge is -2.11. The van der Waals surface area contributed by atoms with E-state index in [0.29, 0.717) is 13.2 Å². The highest BCUT2D eigenvalue weighted by Gasteiger charge is 2.24. The summed E-state index contributed by atoms with van der Waals surface area (Å²) in [4.78, 5) is 23.8. The first-order valence-corrected chi connectivity index (χ1v) is 6.15. The molecule has 0 amide bonds. The quantitative estimate of drug-likeness (QED) is 0.797. The van der Waals surface area contributed by atoms with Gasteiger partial charge in [-0.25, -0.2) is 4.79 Å². The van der Waals surface area contributed by atoms with Crippen molar-refractivity contribution in [2.24, 2.45) is 7.05 Å². The number of hydrogen-bond donors (Lipinski definition) is 0. The van der Waals surface area contributed by atoms with Crippen molar-refractivity contribution >= 4 is 0 Å². The Morgan fingerprint density at radius 1 is 1.26 bits per heavy atom. The van der Waals surface area contributed by atoms with Crippen LogP contribution < -0.4 is 16.0 Å². The van der Waals surface area contributed by atoms with Crippen molar-refractivity contribution in [3.63, 3.8) is 0 Å². The molecular formula is C14H14N2O3. The van der Waals surface area contributed by atoms with Crippen molar-refractivity contribution in [3.8, 4) is 5.75 Å². The van der Waals surface area contributed by atoms with Gasteiger partial charge in [-0.05, 0) is 6.07 Å². The number of nitrogens with zero attached hydrogens (tertiary/aromatic N) is 2. The largest absolute Gasteiger partial charge is 0.493 e. The van der Waals surface area contributed by atoms with Gasteiger partial charge in [0.25, 0.3) is 5.56 Å². The lowest BCUT2D eigenvalue weighted by atomic mass is 10.0. The first-order chi connectivity index (χ1) is 9.16. The predicted octanol–water partition coefficient (Wildman–Crippen LogP) is 0.723. The predicted molar refractivity (Wildman–Crippen MR) is 70.6 cm³/mol. The third kappa shape index (κ3) is 1.97. The van der Waals surface area contributed by atoms with Crippen LogP contribution in [-0.4, -0.2) is 15.7 Å². The van der Waals surface area contributed by atoms with E-state index in [-0.39, 0.29) is 17.2 Å². The van der Waals surface area contributed by atoms with Crippen molar-refractivity contribution in [2.75, 3.05) is 6.61 Å². The Morgan fingerprint density at radius 3 is 2.89 bits per heavy atom. The fourth-order valence-electron chi connectivity index (χ4n) is 2.38. The summed E-state index contributed by atoms with van der Waals surface area (Å²) in [7, 11) is 1.64. The molecule has 0 saturated carbocycles. The molecule has 0 bridgehead atoms. The maximum atomic E-state index is 12.0. The molecule has 19 heavy (non-hydrogen) atoms. The highest BCUT2D eigenvalue weighted by atomic mass is 16.5. The molecule has 2 aromatic rings. The van der Waals surface area contributed by atoms with E-state index in [1.165, 1.54) is 21.4 Å². The van der Waals surface area contributed by atoms with Gasteiger partial charge in [-0.1, -0.05) is 18.2 Å². The average molecular weight is 258 g/mol. The molecule has 5 heteroatoms. The van der Waals surface area contributed by atoms with E-state index in [9.17, 15) is 9.59 Å². The number of fused-ring (bicyclic) bond motifs is 1. The van der Waals surface area contributed by atoms with Gasteiger partial charge in [-0.3, -0.25) is 9.36 Å². The molecule has 3 rings (SSSR count).